The van der Waals surface area contributed by atoms with Crippen LogP contribution in [0.25, 0.3) is 0 Å². The van der Waals surface area contributed by atoms with Crippen LogP contribution in [-0.4, -0.2) is 60.2 Å². The summed E-state index contributed by atoms with van der Waals surface area (Å²) in [6.45, 7) is 11.9. The van der Waals surface area contributed by atoms with E-state index in [9.17, 15) is 5.11 Å². The van der Waals surface area contributed by atoms with E-state index in [1.807, 2.05) is 7.11 Å². The van der Waals surface area contributed by atoms with Gasteiger partial charge in [-0.3, -0.25) is 4.90 Å². The fraction of sp³-hybridized carbons (Fsp3) is 0.818. The topological polar surface area (TPSA) is 51.2 Å². The summed E-state index contributed by atoms with van der Waals surface area (Å²) in [6.07, 6.45) is 10.6. The van der Waals surface area contributed by atoms with Gasteiger partial charge < -0.3 is 19.3 Å². The number of nitrogens with zero attached hydrogens (tertiary/aromatic N) is 1. The lowest BCUT2D eigenvalue weighted by molar-refractivity contribution is -0.312. The summed E-state index contributed by atoms with van der Waals surface area (Å²) < 4.78 is 20.5. The summed E-state index contributed by atoms with van der Waals surface area (Å²) in [5.41, 5.74) is 1.33. The second kappa shape index (κ2) is 7.50. The number of piperidine rings is 1. The normalized spacial score (nSPS) is 42.4. The zero-order valence-electron chi connectivity index (χ0n) is 24.1. The van der Waals surface area contributed by atoms with Gasteiger partial charge in [-0.2, -0.15) is 0 Å². The first-order chi connectivity index (χ1) is 18.1. The molecule has 1 unspecified atom stereocenters. The Balaban J connectivity index is 1.32. The second-order valence-corrected chi connectivity index (χ2v) is 15.5. The molecule has 1 N–H and O–H groups in total. The van der Waals surface area contributed by atoms with Crippen molar-refractivity contribution in [3.63, 3.8) is 0 Å². The minimum atomic E-state index is -0.878. The Hall–Kier alpha value is -1.30. The first-order valence-corrected chi connectivity index (χ1v) is 15.5. The molecule has 38 heavy (non-hydrogen) atoms. The molecule has 5 heteroatoms. The molecule has 1 saturated heterocycles. The van der Waals surface area contributed by atoms with E-state index in [4.69, 9.17) is 14.2 Å². The van der Waals surface area contributed by atoms with E-state index in [1.165, 1.54) is 43.4 Å². The largest absolute Gasteiger partial charge is 0.489 e. The van der Waals surface area contributed by atoms with E-state index in [2.05, 4.69) is 44.7 Å². The number of ether oxygens (including phenoxy) is 3. The molecule has 2 aliphatic heterocycles. The molecule has 4 bridgehead atoms. The Morgan fingerprint density at radius 1 is 1.05 bits per heavy atom. The minimum absolute atomic E-state index is 0.0157. The smallest absolute Gasteiger partial charge is 0.165 e. The van der Waals surface area contributed by atoms with Gasteiger partial charge in [0.25, 0.3) is 0 Å². The molecule has 0 radical (unpaired) electrons. The summed E-state index contributed by atoms with van der Waals surface area (Å²) in [6, 6.07) is 5.08. The van der Waals surface area contributed by atoms with Crippen LogP contribution >= 0.6 is 0 Å². The van der Waals surface area contributed by atoms with Crippen LogP contribution in [0.2, 0.25) is 0 Å². The molecule has 0 amide bonds. The highest BCUT2D eigenvalue weighted by Gasteiger charge is 2.82. The first-order valence-electron chi connectivity index (χ1n) is 15.5. The molecule has 5 saturated carbocycles. The van der Waals surface area contributed by atoms with Crippen LogP contribution in [-0.2, 0) is 16.6 Å². The zero-order chi connectivity index (χ0) is 26.3. The Morgan fingerprint density at radius 2 is 1.82 bits per heavy atom. The van der Waals surface area contributed by atoms with Crippen LogP contribution in [0.4, 0.5) is 0 Å². The fourth-order valence-electron chi connectivity index (χ4n) is 10.2. The van der Waals surface area contributed by atoms with Crippen molar-refractivity contribution in [2.24, 2.45) is 28.6 Å². The Kier molecular flexibility index (Phi) is 4.83. The lowest BCUT2D eigenvalue weighted by Crippen LogP contribution is -2.83. The molecule has 6 fully saturated rings. The van der Waals surface area contributed by atoms with Crippen molar-refractivity contribution in [1.82, 2.24) is 4.90 Å². The van der Waals surface area contributed by atoms with Crippen molar-refractivity contribution in [3.8, 4) is 11.5 Å². The van der Waals surface area contributed by atoms with Gasteiger partial charge in [0, 0.05) is 42.0 Å². The predicted molar refractivity (Wildman–Crippen MR) is 147 cm³/mol. The monoisotopic (exact) mass is 521 g/mol. The summed E-state index contributed by atoms with van der Waals surface area (Å²) in [5, 5.41) is 12.4. The van der Waals surface area contributed by atoms with Gasteiger partial charge in [-0.05, 0) is 100 Å². The number of methoxy groups -OCH3 is 1. The SMILES string of the molecule is CO[C@]12CC[C@@]3(C[C@@H]1C(C)(O)C(C)(C)C)[C@H]1Cc4ccc(OCC5CC5)c5c4[C@@]3(CCN1CC1CC1)[C@H]2O5. The highest BCUT2D eigenvalue weighted by atomic mass is 16.6. The molecule has 7 atom stereocenters. The summed E-state index contributed by atoms with van der Waals surface area (Å²) >= 11 is 0. The second-order valence-electron chi connectivity index (χ2n) is 15.5. The Bertz CT molecular complexity index is 1160. The van der Waals surface area contributed by atoms with Gasteiger partial charge in [0.1, 0.15) is 11.7 Å². The standard InChI is InChI=1S/C33H47NO4/c1-29(2,3)30(4,35)24-17-31-12-13-33(24,36-5)28-32(31)14-15-34(18-20-6-7-20)25(31)16-22-10-11-23(27(38-28)26(22)32)37-19-21-8-9-21/h10-11,20-21,24-25,28,35H,6-9,12-19H2,1-5H3/t24-,25-,28-,30?,31-,32+,33-/m1/s1. The summed E-state index contributed by atoms with van der Waals surface area (Å²) in [4.78, 5) is 2.88. The number of aliphatic hydroxyl groups is 1. The van der Waals surface area contributed by atoms with Gasteiger partial charge in [-0.15, -0.1) is 0 Å². The van der Waals surface area contributed by atoms with Gasteiger partial charge in [0.15, 0.2) is 11.5 Å². The highest BCUT2D eigenvalue weighted by molar-refractivity contribution is 5.63. The molecule has 6 aliphatic carbocycles. The van der Waals surface area contributed by atoms with Gasteiger partial charge in [0.05, 0.1) is 12.2 Å². The van der Waals surface area contributed by atoms with Crippen molar-refractivity contribution in [2.45, 2.75) is 114 Å². The lowest BCUT2D eigenvalue weighted by Gasteiger charge is -2.75. The third-order valence-electron chi connectivity index (χ3n) is 13.0. The quantitative estimate of drug-likeness (QED) is 0.514. The molecule has 0 aromatic heterocycles. The van der Waals surface area contributed by atoms with Gasteiger partial charge in [-0.25, -0.2) is 0 Å². The van der Waals surface area contributed by atoms with Crippen molar-refractivity contribution in [2.75, 3.05) is 26.8 Å². The van der Waals surface area contributed by atoms with Crippen molar-refractivity contribution < 1.29 is 19.3 Å². The maximum absolute atomic E-state index is 12.4. The molecule has 208 valence electrons. The maximum atomic E-state index is 12.4. The van der Waals surface area contributed by atoms with E-state index in [-0.39, 0.29) is 28.3 Å². The molecule has 1 aromatic rings. The fourth-order valence-corrected chi connectivity index (χ4v) is 10.2. The maximum Gasteiger partial charge on any atom is 0.165 e. The molecule has 1 aromatic carbocycles. The Labute approximate surface area is 228 Å². The lowest BCUT2D eigenvalue weighted by atomic mass is 9.33. The molecular formula is C33H47NO4. The van der Waals surface area contributed by atoms with Crippen molar-refractivity contribution >= 4 is 0 Å². The molecule has 8 aliphatic rings. The summed E-state index contributed by atoms with van der Waals surface area (Å²) in [7, 11) is 1.89. The molecule has 9 rings (SSSR count). The van der Waals surface area contributed by atoms with Crippen LogP contribution in [0.15, 0.2) is 12.1 Å². The van der Waals surface area contributed by atoms with E-state index in [0.29, 0.717) is 12.0 Å². The number of benzene rings is 1. The number of likely N-dealkylation sites (tertiary alicyclic amines) is 1. The van der Waals surface area contributed by atoms with Gasteiger partial charge >= 0.3 is 0 Å². The van der Waals surface area contributed by atoms with Crippen LogP contribution in [0.1, 0.15) is 90.2 Å². The van der Waals surface area contributed by atoms with Crippen LogP contribution in [0.3, 0.4) is 0 Å². The summed E-state index contributed by atoms with van der Waals surface area (Å²) in [5.74, 6) is 3.56. The van der Waals surface area contributed by atoms with E-state index in [0.717, 1.165) is 62.7 Å². The van der Waals surface area contributed by atoms with Gasteiger partial charge in [0.2, 0.25) is 0 Å². The molecular weight excluding hydrogens is 474 g/mol. The molecule has 2 heterocycles. The number of rotatable bonds is 7. The minimum Gasteiger partial charge on any atom is -0.489 e. The predicted octanol–water partition coefficient (Wildman–Crippen LogP) is 5.50. The Morgan fingerprint density at radius 3 is 2.50 bits per heavy atom. The highest BCUT2D eigenvalue weighted by Crippen LogP contribution is 2.78. The number of hydrogen-bond donors (Lipinski definition) is 1. The number of fused-ring (bicyclic) bond motifs is 2. The zero-order valence-corrected chi connectivity index (χ0v) is 24.1. The van der Waals surface area contributed by atoms with Gasteiger partial charge in [-0.1, -0.05) is 26.8 Å². The van der Waals surface area contributed by atoms with Crippen molar-refractivity contribution in [3.05, 3.63) is 23.3 Å². The van der Waals surface area contributed by atoms with E-state index in [1.54, 1.807) is 0 Å². The van der Waals surface area contributed by atoms with Crippen LogP contribution in [0, 0.1) is 28.6 Å². The average molecular weight is 522 g/mol. The van der Waals surface area contributed by atoms with Crippen LogP contribution < -0.4 is 9.47 Å². The third kappa shape index (κ3) is 2.84. The van der Waals surface area contributed by atoms with Crippen LogP contribution in [0.5, 0.6) is 11.5 Å². The van der Waals surface area contributed by atoms with E-state index >= 15 is 0 Å². The first kappa shape index (κ1) is 24.5. The van der Waals surface area contributed by atoms with Crippen molar-refractivity contribution in [1.29, 1.82) is 0 Å². The number of hydrogen-bond acceptors (Lipinski definition) is 5. The third-order valence-corrected chi connectivity index (χ3v) is 13.0. The molecule has 2 spiro atoms. The average Bonchev–Trinajstić information content (AvgIpc) is 3.81. The molecule has 5 nitrogen and oxygen atoms in total. The van der Waals surface area contributed by atoms with E-state index < -0.39 is 11.2 Å².